The van der Waals surface area contributed by atoms with Crippen LogP contribution in [0.3, 0.4) is 0 Å². The molecule has 2 N–H and O–H groups in total. The second kappa shape index (κ2) is 8.76. The second-order valence-corrected chi connectivity index (χ2v) is 5.28. The molecule has 0 spiro atoms. The molecule has 0 saturated carbocycles. The third-order valence-corrected chi connectivity index (χ3v) is 3.83. The summed E-state index contributed by atoms with van der Waals surface area (Å²) in [7, 11) is 1.84. The maximum absolute atomic E-state index is 12.2. The van der Waals surface area contributed by atoms with E-state index < -0.39 is 0 Å². The average Bonchev–Trinajstić information content (AvgIpc) is 2.89. The number of likely N-dealkylation sites (N-methyl/N-ethyl adjacent to an activating group) is 1. The quantitative estimate of drug-likeness (QED) is 0.776. The molecule has 5 nitrogen and oxygen atoms in total. The Morgan fingerprint density at radius 3 is 2.73 bits per heavy atom. The predicted molar refractivity (Wildman–Crippen MR) is 90.5 cm³/mol. The Morgan fingerprint density at radius 2 is 2.05 bits per heavy atom. The fourth-order valence-corrected chi connectivity index (χ4v) is 2.64. The summed E-state index contributed by atoms with van der Waals surface area (Å²) in [6, 6.07) is 7.90. The molecule has 1 saturated heterocycles. The van der Waals surface area contributed by atoms with Gasteiger partial charge in [-0.2, -0.15) is 0 Å². The van der Waals surface area contributed by atoms with Gasteiger partial charge in [-0.3, -0.25) is 9.59 Å². The predicted octanol–water partition coefficient (Wildman–Crippen LogP) is 1.36. The van der Waals surface area contributed by atoms with Crippen LogP contribution in [0.4, 0.5) is 5.69 Å². The summed E-state index contributed by atoms with van der Waals surface area (Å²) in [5.74, 6) is -0.251. The SMILES string of the molecule is CCc1ccccc1N1CC(C(=O)NCCNC)CC1=O.Cl. The first-order chi connectivity index (χ1) is 10.2. The van der Waals surface area contributed by atoms with Gasteiger partial charge in [-0.1, -0.05) is 25.1 Å². The van der Waals surface area contributed by atoms with Crippen LogP contribution in [0.15, 0.2) is 24.3 Å². The summed E-state index contributed by atoms with van der Waals surface area (Å²) >= 11 is 0. The minimum atomic E-state index is -0.251. The molecule has 1 aromatic carbocycles. The molecule has 0 radical (unpaired) electrons. The Labute approximate surface area is 137 Å². The van der Waals surface area contributed by atoms with Crippen molar-refractivity contribution in [2.24, 2.45) is 5.92 Å². The molecule has 6 heteroatoms. The third-order valence-electron chi connectivity index (χ3n) is 3.83. The summed E-state index contributed by atoms with van der Waals surface area (Å²) in [6.07, 6.45) is 1.17. The summed E-state index contributed by atoms with van der Waals surface area (Å²) in [4.78, 5) is 26.1. The van der Waals surface area contributed by atoms with Crippen molar-refractivity contribution in [1.82, 2.24) is 10.6 Å². The van der Waals surface area contributed by atoms with E-state index in [1.54, 1.807) is 4.90 Å². The fourth-order valence-electron chi connectivity index (χ4n) is 2.64. The van der Waals surface area contributed by atoms with Crippen LogP contribution in [0, 0.1) is 5.92 Å². The first kappa shape index (κ1) is 18.5. The largest absolute Gasteiger partial charge is 0.355 e. The van der Waals surface area contributed by atoms with Crippen LogP contribution in [0.25, 0.3) is 0 Å². The molecule has 1 aliphatic rings. The summed E-state index contributed by atoms with van der Waals surface area (Å²) < 4.78 is 0. The number of hydrogen-bond acceptors (Lipinski definition) is 3. The van der Waals surface area contributed by atoms with Crippen LogP contribution in [0.2, 0.25) is 0 Å². The van der Waals surface area contributed by atoms with Gasteiger partial charge < -0.3 is 15.5 Å². The van der Waals surface area contributed by atoms with Crippen LogP contribution in [0.1, 0.15) is 18.9 Å². The van der Waals surface area contributed by atoms with E-state index >= 15 is 0 Å². The zero-order valence-electron chi connectivity index (χ0n) is 13.1. The molecule has 1 aliphatic heterocycles. The Balaban J connectivity index is 0.00000242. The van der Waals surface area contributed by atoms with Gasteiger partial charge >= 0.3 is 0 Å². The molecule has 0 aromatic heterocycles. The molecule has 1 aromatic rings. The number of carbonyl (C=O) groups is 2. The number of aryl methyl sites for hydroxylation is 1. The van der Waals surface area contributed by atoms with Crippen LogP contribution in [-0.4, -0.2) is 38.5 Å². The van der Waals surface area contributed by atoms with Gasteiger partial charge in [-0.15, -0.1) is 12.4 Å². The van der Waals surface area contributed by atoms with E-state index in [9.17, 15) is 9.59 Å². The monoisotopic (exact) mass is 325 g/mol. The summed E-state index contributed by atoms with van der Waals surface area (Å²) in [6.45, 7) is 3.86. The smallest absolute Gasteiger partial charge is 0.227 e. The Hall–Kier alpha value is -1.59. The van der Waals surface area contributed by atoms with Crippen molar-refractivity contribution in [2.75, 3.05) is 31.6 Å². The molecular weight excluding hydrogens is 302 g/mol. The molecule has 1 atom stereocenters. The molecule has 0 bridgehead atoms. The fraction of sp³-hybridized carbons (Fsp3) is 0.500. The lowest BCUT2D eigenvalue weighted by Crippen LogP contribution is -2.36. The number of nitrogens with one attached hydrogen (secondary N) is 2. The minimum absolute atomic E-state index is 0. The lowest BCUT2D eigenvalue weighted by molar-refractivity contribution is -0.126. The topological polar surface area (TPSA) is 61.4 Å². The van der Waals surface area contributed by atoms with Crippen molar-refractivity contribution in [3.63, 3.8) is 0 Å². The van der Waals surface area contributed by atoms with Crippen molar-refractivity contribution < 1.29 is 9.59 Å². The minimum Gasteiger partial charge on any atom is -0.355 e. The highest BCUT2D eigenvalue weighted by Gasteiger charge is 2.35. The zero-order chi connectivity index (χ0) is 15.2. The van der Waals surface area contributed by atoms with Crippen LogP contribution < -0.4 is 15.5 Å². The van der Waals surface area contributed by atoms with E-state index in [2.05, 4.69) is 17.6 Å². The van der Waals surface area contributed by atoms with E-state index in [1.165, 1.54) is 0 Å². The number of benzene rings is 1. The molecule has 1 unspecified atom stereocenters. The zero-order valence-corrected chi connectivity index (χ0v) is 13.9. The summed E-state index contributed by atoms with van der Waals surface area (Å²) in [5.41, 5.74) is 2.08. The van der Waals surface area contributed by atoms with Gasteiger partial charge in [-0.05, 0) is 25.1 Å². The Kier molecular flexibility index (Phi) is 7.35. The number of halogens is 1. The standard InChI is InChI=1S/C16H23N3O2.ClH/c1-3-12-6-4-5-7-14(12)19-11-13(10-15(19)20)16(21)18-9-8-17-2;/h4-7,13,17H,3,8-11H2,1-2H3,(H,18,21);1H. The highest BCUT2D eigenvalue weighted by Crippen LogP contribution is 2.28. The van der Waals surface area contributed by atoms with E-state index in [4.69, 9.17) is 0 Å². The highest BCUT2D eigenvalue weighted by molar-refractivity contribution is 6.00. The molecule has 22 heavy (non-hydrogen) atoms. The third kappa shape index (κ3) is 4.21. The van der Waals surface area contributed by atoms with Crippen molar-refractivity contribution in [3.8, 4) is 0 Å². The number of amides is 2. The van der Waals surface area contributed by atoms with E-state index in [-0.39, 0.29) is 30.1 Å². The maximum Gasteiger partial charge on any atom is 0.227 e. The Morgan fingerprint density at radius 1 is 1.32 bits per heavy atom. The van der Waals surface area contributed by atoms with Gasteiger partial charge in [0.05, 0.1) is 5.92 Å². The Bertz CT molecular complexity index is 522. The molecule has 122 valence electrons. The number of hydrogen-bond donors (Lipinski definition) is 2. The van der Waals surface area contributed by atoms with E-state index in [1.807, 2.05) is 31.3 Å². The summed E-state index contributed by atoms with van der Waals surface area (Å²) in [5, 5.41) is 5.85. The lowest BCUT2D eigenvalue weighted by atomic mass is 10.1. The van der Waals surface area contributed by atoms with E-state index in [0.717, 1.165) is 24.2 Å². The number of carbonyl (C=O) groups excluding carboxylic acids is 2. The van der Waals surface area contributed by atoms with Crippen LogP contribution in [-0.2, 0) is 16.0 Å². The van der Waals surface area contributed by atoms with Gasteiger partial charge in [0.15, 0.2) is 0 Å². The molecule has 2 amide bonds. The molecule has 1 fully saturated rings. The first-order valence-electron chi connectivity index (χ1n) is 7.48. The van der Waals surface area contributed by atoms with Gasteiger partial charge in [0, 0.05) is 31.7 Å². The van der Waals surface area contributed by atoms with Crippen molar-refractivity contribution >= 4 is 29.9 Å². The number of rotatable bonds is 6. The first-order valence-corrected chi connectivity index (χ1v) is 7.48. The number of anilines is 1. The molecule has 0 aliphatic carbocycles. The second-order valence-electron chi connectivity index (χ2n) is 5.28. The molecule has 2 rings (SSSR count). The van der Waals surface area contributed by atoms with Crippen LogP contribution in [0.5, 0.6) is 0 Å². The van der Waals surface area contributed by atoms with Gasteiger partial charge in [0.2, 0.25) is 11.8 Å². The lowest BCUT2D eigenvalue weighted by Gasteiger charge is -2.20. The van der Waals surface area contributed by atoms with Crippen molar-refractivity contribution in [2.45, 2.75) is 19.8 Å². The van der Waals surface area contributed by atoms with Gasteiger partial charge in [0.25, 0.3) is 0 Å². The van der Waals surface area contributed by atoms with E-state index in [0.29, 0.717) is 19.5 Å². The highest BCUT2D eigenvalue weighted by atomic mass is 35.5. The maximum atomic E-state index is 12.2. The van der Waals surface area contributed by atoms with Gasteiger partial charge in [-0.25, -0.2) is 0 Å². The normalized spacial score (nSPS) is 17.3. The number of nitrogens with zero attached hydrogens (tertiary/aromatic N) is 1. The van der Waals surface area contributed by atoms with Crippen molar-refractivity contribution in [1.29, 1.82) is 0 Å². The van der Waals surface area contributed by atoms with Crippen LogP contribution >= 0.6 is 12.4 Å². The molecule has 1 heterocycles. The van der Waals surface area contributed by atoms with Crippen molar-refractivity contribution in [3.05, 3.63) is 29.8 Å². The van der Waals surface area contributed by atoms with Gasteiger partial charge in [0.1, 0.15) is 0 Å². The molecular formula is C16H24ClN3O2. The average molecular weight is 326 g/mol. The number of para-hydroxylation sites is 1.